The van der Waals surface area contributed by atoms with Gasteiger partial charge >= 0.3 is 0 Å². The van der Waals surface area contributed by atoms with Crippen molar-refractivity contribution < 1.29 is 4.79 Å². The maximum absolute atomic E-state index is 12.9. The summed E-state index contributed by atoms with van der Waals surface area (Å²) in [4.78, 5) is 12.9. The summed E-state index contributed by atoms with van der Waals surface area (Å²) in [5.74, 6) is 0.858. The predicted octanol–water partition coefficient (Wildman–Crippen LogP) is 5.66. The van der Waals surface area contributed by atoms with Gasteiger partial charge in [0.25, 0.3) is 0 Å². The molecule has 1 aliphatic carbocycles. The van der Waals surface area contributed by atoms with E-state index in [0.717, 1.165) is 23.1 Å². The zero-order chi connectivity index (χ0) is 16.8. The fourth-order valence-electron chi connectivity index (χ4n) is 3.51. The van der Waals surface area contributed by atoms with E-state index in [1.807, 2.05) is 0 Å². The van der Waals surface area contributed by atoms with Crippen molar-refractivity contribution in [3.63, 3.8) is 0 Å². The molecule has 120 valence electrons. The highest BCUT2D eigenvalue weighted by Gasteiger charge is 2.34. The van der Waals surface area contributed by atoms with E-state index < -0.39 is 0 Å². The number of Topliss-reactive ketones (excluding diaryl/α,β-unsaturated/α-hetero) is 1. The largest absolute Gasteiger partial charge is 0.294 e. The first kappa shape index (κ1) is 16.0. The standard InChI is InChI=1S/C22H26O/c1-14(2)19-13-16-7-6-8-18(20(16)21(19)23)15-9-11-17(12-10-15)22(3,4)5/h6-12,14,19H,13H2,1-5H3. The summed E-state index contributed by atoms with van der Waals surface area (Å²) in [5.41, 5.74) is 5.88. The molecule has 0 spiro atoms. The molecule has 1 unspecified atom stereocenters. The highest BCUT2D eigenvalue weighted by Crippen LogP contribution is 2.38. The highest BCUT2D eigenvalue weighted by atomic mass is 16.1. The minimum absolute atomic E-state index is 0.139. The Morgan fingerprint density at radius 3 is 2.22 bits per heavy atom. The topological polar surface area (TPSA) is 17.1 Å². The van der Waals surface area contributed by atoms with Crippen LogP contribution < -0.4 is 0 Å². The average Bonchev–Trinajstić information content (AvgIpc) is 2.84. The molecule has 0 aliphatic heterocycles. The summed E-state index contributed by atoms with van der Waals surface area (Å²) < 4.78 is 0. The van der Waals surface area contributed by atoms with Gasteiger partial charge in [-0.15, -0.1) is 0 Å². The minimum Gasteiger partial charge on any atom is -0.294 e. The van der Waals surface area contributed by atoms with E-state index in [9.17, 15) is 4.79 Å². The van der Waals surface area contributed by atoms with Gasteiger partial charge in [0, 0.05) is 11.5 Å². The third kappa shape index (κ3) is 2.85. The molecule has 0 saturated heterocycles. The van der Waals surface area contributed by atoms with E-state index in [2.05, 4.69) is 77.1 Å². The van der Waals surface area contributed by atoms with Gasteiger partial charge in [-0.3, -0.25) is 4.79 Å². The fourth-order valence-corrected chi connectivity index (χ4v) is 3.51. The van der Waals surface area contributed by atoms with E-state index in [1.165, 1.54) is 11.1 Å². The van der Waals surface area contributed by atoms with Crippen LogP contribution in [0.2, 0.25) is 0 Å². The second-order valence-corrected chi connectivity index (χ2v) is 8.09. The lowest BCUT2D eigenvalue weighted by molar-refractivity contribution is 0.0906. The zero-order valence-electron chi connectivity index (χ0n) is 14.8. The summed E-state index contributed by atoms with van der Waals surface area (Å²) in [6, 6.07) is 15.0. The van der Waals surface area contributed by atoms with E-state index in [-0.39, 0.29) is 11.3 Å². The van der Waals surface area contributed by atoms with E-state index in [1.54, 1.807) is 0 Å². The number of benzene rings is 2. The molecule has 1 nitrogen and oxygen atoms in total. The number of hydrogen-bond acceptors (Lipinski definition) is 1. The van der Waals surface area contributed by atoms with Crippen LogP contribution in [-0.2, 0) is 11.8 Å². The molecule has 0 radical (unpaired) electrons. The first-order valence-electron chi connectivity index (χ1n) is 8.56. The first-order chi connectivity index (χ1) is 10.8. The van der Waals surface area contributed by atoms with Crippen LogP contribution in [0, 0.1) is 11.8 Å². The Kier molecular flexibility index (Phi) is 3.91. The maximum atomic E-state index is 12.9. The summed E-state index contributed by atoms with van der Waals surface area (Å²) in [6.45, 7) is 11.0. The Bertz CT molecular complexity index is 730. The van der Waals surface area contributed by atoms with Crippen molar-refractivity contribution in [2.45, 2.75) is 46.5 Å². The molecule has 0 aromatic heterocycles. The van der Waals surface area contributed by atoms with Crippen molar-refractivity contribution in [1.82, 2.24) is 0 Å². The monoisotopic (exact) mass is 306 g/mol. The van der Waals surface area contributed by atoms with Crippen molar-refractivity contribution in [3.05, 3.63) is 59.2 Å². The Morgan fingerprint density at radius 1 is 1.00 bits per heavy atom. The van der Waals surface area contributed by atoms with Gasteiger partial charge < -0.3 is 0 Å². The molecule has 0 heterocycles. The van der Waals surface area contributed by atoms with Crippen LogP contribution >= 0.6 is 0 Å². The highest BCUT2D eigenvalue weighted by molar-refractivity contribution is 6.07. The van der Waals surface area contributed by atoms with Crippen molar-refractivity contribution >= 4 is 5.78 Å². The minimum atomic E-state index is 0.139. The van der Waals surface area contributed by atoms with Gasteiger partial charge in [0.15, 0.2) is 5.78 Å². The van der Waals surface area contributed by atoms with Gasteiger partial charge in [-0.05, 0) is 40.0 Å². The van der Waals surface area contributed by atoms with Crippen LogP contribution in [0.4, 0.5) is 0 Å². The molecule has 0 saturated carbocycles. The average molecular weight is 306 g/mol. The molecule has 1 heteroatoms. The van der Waals surface area contributed by atoms with Crippen molar-refractivity contribution in [1.29, 1.82) is 0 Å². The predicted molar refractivity (Wildman–Crippen MR) is 96.9 cm³/mol. The molecule has 23 heavy (non-hydrogen) atoms. The normalized spacial score (nSPS) is 17.7. The van der Waals surface area contributed by atoms with E-state index in [4.69, 9.17) is 0 Å². The quantitative estimate of drug-likeness (QED) is 0.699. The van der Waals surface area contributed by atoms with Crippen molar-refractivity contribution in [3.8, 4) is 11.1 Å². The molecule has 3 rings (SSSR count). The van der Waals surface area contributed by atoms with Crippen LogP contribution in [0.15, 0.2) is 42.5 Å². The van der Waals surface area contributed by atoms with Gasteiger partial charge in [0.05, 0.1) is 0 Å². The number of ketones is 1. The number of carbonyl (C=O) groups is 1. The SMILES string of the molecule is CC(C)C1Cc2cccc(-c3ccc(C(C)(C)C)cc3)c2C1=O. The second kappa shape index (κ2) is 5.63. The lowest BCUT2D eigenvalue weighted by atomic mass is 9.85. The van der Waals surface area contributed by atoms with Crippen LogP contribution in [0.25, 0.3) is 11.1 Å². The summed E-state index contributed by atoms with van der Waals surface area (Å²) in [7, 11) is 0. The summed E-state index contributed by atoms with van der Waals surface area (Å²) in [6.07, 6.45) is 0.889. The van der Waals surface area contributed by atoms with Crippen LogP contribution in [0.3, 0.4) is 0 Å². The fraction of sp³-hybridized carbons (Fsp3) is 0.409. The molecular formula is C22H26O. The summed E-state index contributed by atoms with van der Waals surface area (Å²) in [5, 5.41) is 0. The Hall–Kier alpha value is -1.89. The maximum Gasteiger partial charge on any atom is 0.167 e. The molecular weight excluding hydrogens is 280 g/mol. The number of hydrogen-bond donors (Lipinski definition) is 0. The van der Waals surface area contributed by atoms with Crippen LogP contribution in [0.5, 0.6) is 0 Å². The van der Waals surface area contributed by atoms with Crippen LogP contribution in [-0.4, -0.2) is 5.78 Å². The third-order valence-electron chi connectivity index (χ3n) is 5.04. The smallest absolute Gasteiger partial charge is 0.167 e. The Morgan fingerprint density at radius 2 is 1.65 bits per heavy atom. The lowest BCUT2D eigenvalue weighted by Gasteiger charge is -2.19. The first-order valence-corrected chi connectivity index (χ1v) is 8.56. The number of rotatable bonds is 2. The third-order valence-corrected chi connectivity index (χ3v) is 5.04. The zero-order valence-corrected chi connectivity index (χ0v) is 14.8. The lowest BCUT2D eigenvalue weighted by Crippen LogP contribution is -2.15. The molecule has 0 amide bonds. The molecule has 2 aromatic rings. The van der Waals surface area contributed by atoms with E-state index >= 15 is 0 Å². The Labute approximate surface area is 139 Å². The summed E-state index contributed by atoms with van der Waals surface area (Å²) >= 11 is 0. The molecule has 0 N–H and O–H groups in total. The number of carbonyl (C=O) groups excluding carboxylic acids is 1. The van der Waals surface area contributed by atoms with Crippen molar-refractivity contribution in [2.24, 2.45) is 11.8 Å². The van der Waals surface area contributed by atoms with Gasteiger partial charge in [-0.2, -0.15) is 0 Å². The van der Waals surface area contributed by atoms with Gasteiger partial charge in [0.1, 0.15) is 0 Å². The molecule has 0 fully saturated rings. The molecule has 1 aliphatic rings. The molecule has 1 atom stereocenters. The van der Waals surface area contributed by atoms with Gasteiger partial charge in [-0.1, -0.05) is 77.1 Å². The number of fused-ring (bicyclic) bond motifs is 1. The van der Waals surface area contributed by atoms with Crippen molar-refractivity contribution in [2.75, 3.05) is 0 Å². The van der Waals surface area contributed by atoms with Gasteiger partial charge in [-0.25, -0.2) is 0 Å². The molecule has 2 aromatic carbocycles. The Balaban J connectivity index is 2.04. The van der Waals surface area contributed by atoms with Gasteiger partial charge in [0.2, 0.25) is 0 Å². The molecule has 0 bridgehead atoms. The van der Waals surface area contributed by atoms with Crippen LogP contribution in [0.1, 0.15) is 56.1 Å². The second-order valence-electron chi connectivity index (χ2n) is 8.09. The van der Waals surface area contributed by atoms with E-state index in [0.29, 0.717) is 11.7 Å².